The van der Waals surface area contributed by atoms with Crippen molar-refractivity contribution in [3.05, 3.63) is 57.9 Å². The fourth-order valence-corrected chi connectivity index (χ4v) is 3.23. The summed E-state index contributed by atoms with van der Waals surface area (Å²) < 4.78 is 21.2. The van der Waals surface area contributed by atoms with Crippen LogP contribution in [0.2, 0.25) is 0 Å². The summed E-state index contributed by atoms with van der Waals surface area (Å²) in [5.41, 5.74) is 1.25. The summed E-state index contributed by atoms with van der Waals surface area (Å²) in [7, 11) is 7.67. The summed E-state index contributed by atoms with van der Waals surface area (Å²) in [5.74, 6) is 1.55. The molecule has 1 aromatic heterocycles. The number of methoxy groups -OCH3 is 4. The van der Waals surface area contributed by atoms with Gasteiger partial charge in [-0.15, -0.1) is 0 Å². The fourth-order valence-electron chi connectivity index (χ4n) is 3.23. The van der Waals surface area contributed by atoms with Gasteiger partial charge in [0.2, 0.25) is 5.75 Å². The zero-order chi connectivity index (χ0) is 21.8. The van der Waals surface area contributed by atoms with Crippen molar-refractivity contribution in [3.63, 3.8) is 0 Å². The summed E-state index contributed by atoms with van der Waals surface area (Å²) >= 11 is 0. The van der Waals surface area contributed by atoms with Crippen LogP contribution in [0.1, 0.15) is 15.9 Å². The summed E-state index contributed by atoms with van der Waals surface area (Å²) in [6, 6.07) is 10.3. The van der Waals surface area contributed by atoms with E-state index in [9.17, 15) is 9.59 Å². The number of benzene rings is 2. The number of rotatable bonds is 7. The highest BCUT2D eigenvalue weighted by molar-refractivity contribution is 5.95. The Hall–Kier alpha value is -3.68. The molecule has 158 valence electrons. The molecule has 0 aliphatic carbocycles. The van der Waals surface area contributed by atoms with Crippen LogP contribution in [0.3, 0.4) is 0 Å². The van der Waals surface area contributed by atoms with E-state index in [1.54, 1.807) is 44.5 Å². The molecule has 3 aromatic rings. The Bertz CT molecular complexity index is 1110. The van der Waals surface area contributed by atoms with Crippen LogP contribution < -0.4 is 24.5 Å². The summed E-state index contributed by atoms with van der Waals surface area (Å²) in [5, 5.41) is 0.817. The molecular formula is C22H24N2O6. The van der Waals surface area contributed by atoms with E-state index >= 15 is 0 Å². The van der Waals surface area contributed by atoms with Crippen molar-refractivity contribution in [1.82, 2.24) is 9.88 Å². The second kappa shape index (κ2) is 8.77. The molecule has 0 bridgehead atoms. The summed E-state index contributed by atoms with van der Waals surface area (Å²) in [4.78, 5) is 29.8. The first-order valence-electron chi connectivity index (χ1n) is 9.17. The average Bonchev–Trinajstić information content (AvgIpc) is 2.77. The first kappa shape index (κ1) is 21.0. The predicted molar refractivity (Wildman–Crippen MR) is 113 cm³/mol. The molecule has 0 atom stereocenters. The zero-order valence-corrected chi connectivity index (χ0v) is 17.6. The van der Waals surface area contributed by atoms with Crippen molar-refractivity contribution >= 4 is 16.8 Å². The molecule has 0 radical (unpaired) electrons. The Kier molecular flexibility index (Phi) is 6.15. The van der Waals surface area contributed by atoms with Crippen molar-refractivity contribution in [2.45, 2.75) is 6.54 Å². The highest BCUT2D eigenvalue weighted by Gasteiger charge is 2.20. The molecular weight excluding hydrogens is 388 g/mol. The second-order valence-corrected chi connectivity index (χ2v) is 6.65. The lowest BCUT2D eigenvalue weighted by molar-refractivity contribution is 0.0784. The van der Waals surface area contributed by atoms with Crippen LogP contribution in [0.4, 0.5) is 0 Å². The van der Waals surface area contributed by atoms with Gasteiger partial charge in [-0.2, -0.15) is 0 Å². The molecule has 8 nitrogen and oxygen atoms in total. The van der Waals surface area contributed by atoms with E-state index in [0.717, 1.165) is 5.39 Å². The maximum absolute atomic E-state index is 13.0. The quantitative estimate of drug-likeness (QED) is 0.642. The third-order valence-electron chi connectivity index (χ3n) is 4.79. The first-order valence-corrected chi connectivity index (χ1v) is 9.17. The minimum atomic E-state index is -0.292. The van der Waals surface area contributed by atoms with Crippen molar-refractivity contribution in [1.29, 1.82) is 0 Å². The standard InChI is InChI=1S/C22H24N2O6/c1-24(22(26)14-10-18(28-3)20(30-5)19(11-14)29-4)12-15-8-13-9-16(27-2)6-7-17(13)23-21(15)25/h6-11H,12H2,1-5H3,(H,23,25). The van der Waals surface area contributed by atoms with E-state index in [-0.39, 0.29) is 18.0 Å². The maximum atomic E-state index is 13.0. The van der Waals surface area contributed by atoms with E-state index < -0.39 is 0 Å². The minimum Gasteiger partial charge on any atom is -0.497 e. The van der Waals surface area contributed by atoms with Gasteiger partial charge in [-0.1, -0.05) is 0 Å². The molecule has 2 aromatic carbocycles. The Morgan fingerprint density at radius 3 is 2.17 bits per heavy atom. The third kappa shape index (κ3) is 4.03. The van der Waals surface area contributed by atoms with E-state index in [2.05, 4.69) is 4.98 Å². The van der Waals surface area contributed by atoms with Crippen molar-refractivity contribution < 1.29 is 23.7 Å². The minimum absolute atomic E-state index is 0.123. The molecule has 8 heteroatoms. The van der Waals surface area contributed by atoms with Crippen molar-refractivity contribution in [2.24, 2.45) is 0 Å². The van der Waals surface area contributed by atoms with Gasteiger partial charge >= 0.3 is 0 Å². The number of aromatic amines is 1. The molecule has 0 saturated carbocycles. The predicted octanol–water partition coefficient (Wildman–Crippen LogP) is 2.83. The highest BCUT2D eigenvalue weighted by Crippen LogP contribution is 2.38. The zero-order valence-electron chi connectivity index (χ0n) is 17.6. The van der Waals surface area contributed by atoms with Gasteiger partial charge in [-0.05, 0) is 36.4 Å². The number of hydrogen-bond acceptors (Lipinski definition) is 6. The van der Waals surface area contributed by atoms with Gasteiger partial charge in [0, 0.05) is 29.1 Å². The highest BCUT2D eigenvalue weighted by atomic mass is 16.5. The molecule has 0 spiro atoms. The van der Waals surface area contributed by atoms with E-state index in [1.165, 1.54) is 26.2 Å². The number of hydrogen-bond donors (Lipinski definition) is 1. The maximum Gasteiger partial charge on any atom is 0.254 e. The topological polar surface area (TPSA) is 90.1 Å². The van der Waals surface area contributed by atoms with Gasteiger partial charge in [0.25, 0.3) is 11.5 Å². The number of nitrogens with zero attached hydrogens (tertiary/aromatic N) is 1. The number of aromatic nitrogens is 1. The van der Waals surface area contributed by atoms with Crippen LogP contribution >= 0.6 is 0 Å². The Morgan fingerprint density at radius 2 is 1.60 bits per heavy atom. The number of fused-ring (bicyclic) bond motifs is 1. The Morgan fingerprint density at radius 1 is 0.933 bits per heavy atom. The lowest BCUT2D eigenvalue weighted by Crippen LogP contribution is -2.29. The molecule has 0 unspecified atom stereocenters. The number of pyridine rings is 1. The van der Waals surface area contributed by atoms with Gasteiger partial charge in [0.05, 0.1) is 35.0 Å². The van der Waals surface area contributed by atoms with Crippen LogP contribution in [-0.2, 0) is 6.54 Å². The molecule has 1 N–H and O–H groups in total. The van der Waals surface area contributed by atoms with Crippen molar-refractivity contribution in [2.75, 3.05) is 35.5 Å². The monoisotopic (exact) mass is 412 g/mol. The van der Waals surface area contributed by atoms with Gasteiger partial charge in [0.1, 0.15) is 5.75 Å². The van der Waals surface area contributed by atoms with Gasteiger partial charge in [-0.25, -0.2) is 0 Å². The summed E-state index contributed by atoms with van der Waals surface area (Å²) in [6.45, 7) is 0.123. The number of H-pyrrole nitrogens is 1. The Labute approximate surface area is 173 Å². The SMILES string of the molecule is COc1ccc2[nH]c(=O)c(CN(C)C(=O)c3cc(OC)c(OC)c(OC)c3)cc2c1. The van der Waals surface area contributed by atoms with E-state index in [0.29, 0.717) is 39.6 Å². The van der Waals surface area contributed by atoms with Crippen LogP contribution in [0.5, 0.6) is 23.0 Å². The molecule has 1 amide bonds. The van der Waals surface area contributed by atoms with E-state index in [1.807, 2.05) is 6.07 Å². The normalized spacial score (nSPS) is 10.6. The molecule has 0 aliphatic heterocycles. The van der Waals surface area contributed by atoms with Crippen LogP contribution in [-0.4, -0.2) is 51.3 Å². The fraction of sp³-hybridized carbons (Fsp3) is 0.273. The van der Waals surface area contributed by atoms with Gasteiger partial charge in [0.15, 0.2) is 11.5 Å². The number of amides is 1. The lowest BCUT2D eigenvalue weighted by Gasteiger charge is -2.19. The average molecular weight is 412 g/mol. The van der Waals surface area contributed by atoms with Gasteiger partial charge < -0.3 is 28.8 Å². The number of nitrogens with one attached hydrogen (secondary N) is 1. The number of carbonyl (C=O) groups excluding carboxylic acids is 1. The molecule has 0 aliphatic rings. The van der Waals surface area contributed by atoms with Crippen molar-refractivity contribution in [3.8, 4) is 23.0 Å². The van der Waals surface area contributed by atoms with E-state index in [4.69, 9.17) is 18.9 Å². The second-order valence-electron chi connectivity index (χ2n) is 6.65. The Balaban J connectivity index is 1.92. The van der Waals surface area contributed by atoms with Gasteiger partial charge in [-0.3, -0.25) is 9.59 Å². The molecule has 0 fully saturated rings. The smallest absolute Gasteiger partial charge is 0.254 e. The molecule has 0 saturated heterocycles. The van der Waals surface area contributed by atoms with Crippen LogP contribution in [0.15, 0.2) is 41.2 Å². The number of carbonyl (C=O) groups is 1. The van der Waals surface area contributed by atoms with Crippen LogP contribution in [0, 0.1) is 0 Å². The van der Waals surface area contributed by atoms with Crippen LogP contribution in [0.25, 0.3) is 10.9 Å². The number of ether oxygens (including phenoxy) is 4. The summed E-state index contributed by atoms with van der Waals surface area (Å²) in [6.07, 6.45) is 0. The lowest BCUT2D eigenvalue weighted by atomic mass is 10.1. The molecule has 1 heterocycles. The first-order chi connectivity index (χ1) is 14.4. The molecule has 30 heavy (non-hydrogen) atoms. The molecule has 3 rings (SSSR count). The largest absolute Gasteiger partial charge is 0.497 e. The third-order valence-corrected chi connectivity index (χ3v) is 4.79.